The van der Waals surface area contributed by atoms with Gasteiger partial charge in [-0.25, -0.2) is 0 Å². The van der Waals surface area contributed by atoms with Crippen LogP contribution in [0.15, 0.2) is 18.2 Å². The van der Waals surface area contributed by atoms with Crippen LogP contribution in [0.2, 0.25) is 0 Å². The number of likely N-dealkylation sites (N-methyl/N-ethyl adjacent to an activating group) is 1. The molecule has 0 saturated carbocycles. The monoisotopic (exact) mass is 274 g/mol. The van der Waals surface area contributed by atoms with Gasteiger partial charge in [0.1, 0.15) is 12.1 Å². The molecule has 0 aliphatic carbocycles. The van der Waals surface area contributed by atoms with Crippen molar-refractivity contribution >= 4 is 11.8 Å². The number of piperazine rings is 1. The molecule has 0 bridgehead atoms. The lowest BCUT2D eigenvalue weighted by molar-refractivity contribution is -0.159. The van der Waals surface area contributed by atoms with E-state index in [-0.39, 0.29) is 17.9 Å². The fourth-order valence-electron chi connectivity index (χ4n) is 2.53. The number of benzene rings is 1. The number of carbonyl (C=O) groups is 2. The Balaban J connectivity index is 2.25. The second-order valence-corrected chi connectivity index (χ2v) is 5.69. The predicted octanol–water partition coefficient (Wildman–Crippen LogP) is 1.88. The molecule has 1 fully saturated rings. The first-order chi connectivity index (χ1) is 9.32. The zero-order valence-electron chi connectivity index (χ0n) is 12.8. The van der Waals surface area contributed by atoms with E-state index in [4.69, 9.17) is 0 Å². The summed E-state index contributed by atoms with van der Waals surface area (Å²) in [7, 11) is 1.69. The van der Waals surface area contributed by atoms with Gasteiger partial charge in [0, 0.05) is 13.6 Å². The molecule has 0 unspecified atom stereocenters. The van der Waals surface area contributed by atoms with Crippen LogP contribution in [0.1, 0.15) is 30.5 Å². The van der Waals surface area contributed by atoms with E-state index in [0.717, 1.165) is 5.56 Å². The molecule has 2 rings (SSSR count). The number of hydrogen-bond acceptors (Lipinski definition) is 2. The third kappa shape index (κ3) is 2.42. The summed E-state index contributed by atoms with van der Waals surface area (Å²) < 4.78 is 0. The molecule has 0 spiro atoms. The molecule has 0 aromatic heterocycles. The van der Waals surface area contributed by atoms with E-state index >= 15 is 0 Å². The molecule has 1 aromatic rings. The van der Waals surface area contributed by atoms with E-state index < -0.39 is 6.04 Å². The number of carbonyl (C=O) groups excluding carboxylic acids is 2. The first kappa shape index (κ1) is 14.6. The van der Waals surface area contributed by atoms with Crippen molar-refractivity contribution in [3.8, 4) is 0 Å². The summed E-state index contributed by atoms with van der Waals surface area (Å²) in [6, 6.07) is 5.38. The lowest BCUT2D eigenvalue weighted by Crippen LogP contribution is -2.61. The minimum atomic E-state index is -0.398. The molecule has 4 heteroatoms. The zero-order valence-corrected chi connectivity index (χ0v) is 12.8. The number of hydrogen-bond donors (Lipinski definition) is 0. The first-order valence-electron chi connectivity index (χ1n) is 6.96. The minimum Gasteiger partial charge on any atom is -0.332 e. The normalized spacial score (nSPS) is 23.4. The van der Waals surface area contributed by atoms with E-state index in [2.05, 4.69) is 26.0 Å². The van der Waals surface area contributed by atoms with Crippen molar-refractivity contribution in [3.63, 3.8) is 0 Å². The van der Waals surface area contributed by atoms with Crippen LogP contribution in [0.5, 0.6) is 0 Å². The predicted molar refractivity (Wildman–Crippen MR) is 78.2 cm³/mol. The van der Waals surface area contributed by atoms with Gasteiger partial charge < -0.3 is 9.80 Å². The maximum absolute atomic E-state index is 12.4. The molecule has 108 valence electrons. The van der Waals surface area contributed by atoms with Crippen LogP contribution in [0, 0.1) is 13.8 Å². The second kappa shape index (κ2) is 5.27. The smallest absolute Gasteiger partial charge is 0.246 e. The van der Waals surface area contributed by atoms with E-state index in [1.165, 1.54) is 16.0 Å². The molecule has 2 atom stereocenters. The van der Waals surface area contributed by atoms with Crippen LogP contribution >= 0.6 is 0 Å². The standard InChI is InChI=1S/C16H22N2O2/c1-10-6-7-14(8-11(10)2)9-18-13(4)15(19)17(5)12(3)16(18)20/h6-8,12-13H,9H2,1-5H3/t12-,13-/m0/s1. The summed E-state index contributed by atoms with van der Waals surface area (Å²) in [6.07, 6.45) is 0. The Morgan fingerprint density at radius 3 is 2.25 bits per heavy atom. The fraction of sp³-hybridized carbons (Fsp3) is 0.500. The van der Waals surface area contributed by atoms with Crippen LogP contribution < -0.4 is 0 Å². The van der Waals surface area contributed by atoms with Gasteiger partial charge in [-0.1, -0.05) is 18.2 Å². The third-order valence-electron chi connectivity index (χ3n) is 4.32. The molecule has 2 amide bonds. The first-order valence-corrected chi connectivity index (χ1v) is 6.96. The molecule has 4 nitrogen and oxygen atoms in total. The van der Waals surface area contributed by atoms with Gasteiger partial charge in [-0.15, -0.1) is 0 Å². The molecule has 1 aliphatic rings. The molecular formula is C16H22N2O2. The van der Waals surface area contributed by atoms with E-state index in [9.17, 15) is 9.59 Å². The number of rotatable bonds is 2. The van der Waals surface area contributed by atoms with Crippen molar-refractivity contribution in [3.05, 3.63) is 34.9 Å². The van der Waals surface area contributed by atoms with Crippen molar-refractivity contribution < 1.29 is 9.59 Å². The highest BCUT2D eigenvalue weighted by molar-refractivity contribution is 5.96. The van der Waals surface area contributed by atoms with Gasteiger partial charge >= 0.3 is 0 Å². The average Bonchev–Trinajstić information content (AvgIpc) is 2.43. The third-order valence-corrected chi connectivity index (χ3v) is 4.32. The van der Waals surface area contributed by atoms with Gasteiger partial charge in [0.05, 0.1) is 0 Å². The second-order valence-electron chi connectivity index (χ2n) is 5.69. The highest BCUT2D eigenvalue weighted by Gasteiger charge is 2.39. The summed E-state index contributed by atoms with van der Waals surface area (Å²) in [5, 5.41) is 0. The van der Waals surface area contributed by atoms with Crippen LogP contribution in [-0.4, -0.2) is 40.7 Å². The molecule has 1 heterocycles. The number of amides is 2. The summed E-state index contributed by atoms with van der Waals surface area (Å²) in [4.78, 5) is 27.7. The van der Waals surface area contributed by atoms with Crippen molar-refractivity contribution in [2.24, 2.45) is 0 Å². The Bertz CT molecular complexity index is 553. The molecule has 1 aromatic carbocycles. The van der Waals surface area contributed by atoms with Crippen LogP contribution in [0.4, 0.5) is 0 Å². The summed E-state index contributed by atoms with van der Waals surface area (Å²) in [5.74, 6) is 0.0127. The highest BCUT2D eigenvalue weighted by atomic mass is 16.2. The Labute approximate surface area is 120 Å². The molecule has 1 aliphatic heterocycles. The number of nitrogens with zero attached hydrogens (tertiary/aromatic N) is 2. The lowest BCUT2D eigenvalue weighted by Gasteiger charge is -2.41. The highest BCUT2D eigenvalue weighted by Crippen LogP contribution is 2.20. The van der Waals surface area contributed by atoms with Gasteiger partial charge in [-0.3, -0.25) is 9.59 Å². The van der Waals surface area contributed by atoms with Crippen LogP contribution in [-0.2, 0) is 16.1 Å². The van der Waals surface area contributed by atoms with Gasteiger partial charge in [0.15, 0.2) is 0 Å². The van der Waals surface area contributed by atoms with Crippen molar-refractivity contribution in [2.75, 3.05) is 7.05 Å². The van der Waals surface area contributed by atoms with E-state index in [1.807, 2.05) is 6.07 Å². The van der Waals surface area contributed by atoms with Crippen LogP contribution in [0.3, 0.4) is 0 Å². The fourth-order valence-corrected chi connectivity index (χ4v) is 2.53. The van der Waals surface area contributed by atoms with Crippen molar-refractivity contribution in [1.29, 1.82) is 0 Å². The van der Waals surface area contributed by atoms with E-state index in [1.54, 1.807) is 25.8 Å². The van der Waals surface area contributed by atoms with Gasteiger partial charge in [0.2, 0.25) is 11.8 Å². The number of aryl methyl sites for hydroxylation is 2. The summed E-state index contributed by atoms with van der Waals surface area (Å²) in [5.41, 5.74) is 3.50. The maximum Gasteiger partial charge on any atom is 0.246 e. The molecule has 20 heavy (non-hydrogen) atoms. The average molecular weight is 274 g/mol. The van der Waals surface area contributed by atoms with Gasteiger partial charge in [0.25, 0.3) is 0 Å². The summed E-state index contributed by atoms with van der Waals surface area (Å²) >= 11 is 0. The Morgan fingerprint density at radius 2 is 1.65 bits per heavy atom. The largest absolute Gasteiger partial charge is 0.332 e. The Morgan fingerprint density at radius 1 is 1.00 bits per heavy atom. The molecule has 0 N–H and O–H groups in total. The van der Waals surface area contributed by atoms with Gasteiger partial charge in [-0.05, 0) is 44.4 Å². The SMILES string of the molecule is Cc1ccc(CN2C(=O)[C@H](C)N(C)C(=O)[C@@H]2C)cc1C. The minimum absolute atomic E-state index is 0.000864. The quantitative estimate of drug-likeness (QED) is 0.826. The topological polar surface area (TPSA) is 40.6 Å². The molecule has 0 radical (unpaired) electrons. The van der Waals surface area contributed by atoms with E-state index in [0.29, 0.717) is 6.54 Å². The Kier molecular flexibility index (Phi) is 3.84. The van der Waals surface area contributed by atoms with Crippen LogP contribution in [0.25, 0.3) is 0 Å². The van der Waals surface area contributed by atoms with Crippen molar-refractivity contribution in [1.82, 2.24) is 9.80 Å². The maximum atomic E-state index is 12.4. The summed E-state index contributed by atoms with van der Waals surface area (Å²) in [6.45, 7) is 8.18. The lowest BCUT2D eigenvalue weighted by atomic mass is 10.0. The molecular weight excluding hydrogens is 252 g/mol. The molecule has 1 saturated heterocycles. The van der Waals surface area contributed by atoms with Crippen molar-refractivity contribution in [2.45, 2.75) is 46.3 Å². The van der Waals surface area contributed by atoms with Gasteiger partial charge in [-0.2, -0.15) is 0 Å². The Hall–Kier alpha value is -1.84. The zero-order chi connectivity index (χ0) is 15.0.